The number of hydrogen-bond donors (Lipinski definition) is 0. The Kier molecular flexibility index (Phi) is 3.01. The van der Waals surface area contributed by atoms with Gasteiger partial charge in [0, 0.05) is 0 Å². The molecule has 2 atom stereocenters. The smallest absolute Gasteiger partial charge is 0.329 e. The summed E-state index contributed by atoms with van der Waals surface area (Å²) in [5.41, 5.74) is 1.39. The predicted molar refractivity (Wildman–Crippen MR) is 86.3 cm³/mol. The van der Waals surface area contributed by atoms with Crippen LogP contribution in [0.15, 0.2) is 78.9 Å². The zero-order chi connectivity index (χ0) is 15.9. The molecule has 0 saturated carbocycles. The normalized spacial score (nSPS) is 25.7. The molecule has 1 saturated heterocycles. The van der Waals surface area contributed by atoms with Crippen LogP contribution < -0.4 is 0 Å². The second-order valence-electron chi connectivity index (χ2n) is 5.69. The topological polar surface area (TPSA) is 43.4 Å². The molecular weight excluding hydrogens is 288 g/mol. The van der Waals surface area contributed by atoms with Crippen molar-refractivity contribution >= 4 is 17.5 Å². The number of esters is 2. The second kappa shape index (κ2) is 5.06. The van der Waals surface area contributed by atoms with Crippen LogP contribution >= 0.6 is 0 Å². The summed E-state index contributed by atoms with van der Waals surface area (Å²) in [7, 11) is 0. The summed E-state index contributed by atoms with van der Waals surface area (Å²) >= 11 is 0. The van der Waals surface area contributed by atoms with Crippen molar-refractivity contribution in [2.45, 2.75) is 5.41 Å². The number of carbonyl (C=O) groups excluding carboxylic acids is 2. The summed E-state index contributed by atoms with van der Waals surface area (Å²) in [5.74, 6) is -1.62. The largest absolute Gasteiger partial charge is 0.392 e. The van der Waals surface area contributed by atoms with E-state index in [-0.39, 0.29) is 0 Å². The van der Waals surface area contributed by atoms with E-state index in [0.29, 0.717) is 0 Å². The van der Waals surface area contributed by atoms with Crippen LogP contribution in [0.5, 0.6) is 0 Å². The molecule has 1 aliphatic carbocycles. The van der Waals surface area contributed by atoms with Crippen molar-refractivity contribution in [2.24, 2.45) is 5.92 Å². The Morgan fingerprint density at radius 1 is 0.870 bits per heavy atom. The minimum Gasteiger partial charge on any atom is -0.392 e. The fourth-order valence-corrected chi connectivity index (χ4v) is 3.53. The van der Waals surface area contributed by atoms with Gasteiger partial charge in [-0.15, -0.1) is 0 Å². The van der Waals surface area contributed by atoms with Crippen molar-refractivity contribution in [3.8, 4) is 0 Å². The summed E-state index contributed by atoms with van der Waals surface area (Å²) in [6, 6.07) is 19.1. The maximum Gasteiger partial charge on any atom is 0.329 e. The van der Waals surface area contributed by atoms with E-state index in [1.54, 1.807) is 6.08 Å². The fourth-order valence-electron chi connectivity index (χ4n) is 3.53. The van der Waals surface area contributed by atoms with Gasteiger partial charge >= 0.3 is 11.9 Å². The van der Waals surface area contributed by atoms with Crippen molar-refractivity contribution in [3.05, 3.63) is 90.0 Å². The van der Waals surface area contributed by atoms with Gasteiger partial charge in [-0.1, -0.05) is 78.9 Å². The number of cyclic esters (lactones) is 2. The van der Waals surface area contributed by atoms with Crippen molar-refractivity contribution in [1.29, 1.82) is 0 Å². The monoisotopic (exact) mass is 302 g/mol. The highest BCUT2D eigenvalue weighted by atomic mass is 16.6. The average Bonchev–Trinajstić information content (AvgIpc) is 2.88. The van der Waals surface area contributed by atoms with Gasteiger partial charge in [-0.05, 0) is 16.7 Å². The molecule has 0 aromatic heterocycles. The Balaban J connectivity index is 2.02. The van der Waals surface area contributed by atoms with E-state index in [2.05, 4.69) is 0 Å². The lowest BCUT2D eigenvalue weighted by Crippen LogP contribution is -2.40. The van der Waals surface area contributed by atoms with Gasteiger partial charge in [0.25, 0.3) is 0 Å². The van der Waals surface area contributed by atoms with Gasteiger partial charge in [0.05, 0.1) is 0 Å². The lowest BCUT2D eigenvalue weighted by molar-refractivity contribution is -0.153. The molecule has 0 bridgehead atoms. The molecule has 1 fully saturated rings. The highest BCUT2D eigenvalue weighted by Crippen LogP contribution is 2.51. The van der Waals surface area contributed by atoms with Gasteiger partial charge in [0.2, 0.25) is 0 Å². The van der Waals surface area contributed by atoms with E-state index in [0.717, 1.165) is 16.7 Å². The van der Waals surface area contributed by atoms with E-state index in [9.17, 15) is 9.59 Å². The van der Waals surface area contributed by atoms with Gasteiger partial charge in [-0.2, -0.15) is 0 Å². The van der Waals surface area contributed by atoms with Crippen LogP contribution in [0.3, 0.4) is 0 Å². The molecule has 1 heterocycles. The number of rotatable bonds is 2. The Morgan fingerprint density at radius 2 is 1.52 bits per heavy atom. The molecule has 0 amide bonds. The maximum absolute atomic E-state index is 12.8. The first kappa shape index (κ1) is 13.7. The molecule has 112 valence electrons. The lowest BCUT2D eigenvalue weighted by Gasteiger charge is -2.34. The fraction of sp³-hybridized carbons (Fsp3) is 0.100. The first-order chi connectivity index (χ1) is 11.2. The summed E-state index contributed by atoms with van der Waals surface area (Å²) in [6.07, 6.45) is 5.49. The van der Waals surface area contributed by atoms with E-state index in [1.165, 1.54) is 0 Å². The van der Waals surface area contributed by atoms with Crippen LogP contribution in [-0.2, 0) is 19.7 Å². The number of allylic oxidation sites excluding steroid dienone is 2. The third-order valence-electron chi connectivity index (χ3n) is 4.54. The minimum absolute atomic E-state index is 0.489. The summed E-state index contributed by atoms with van der Waals surface area (Å²) in [6.45, 7) is 0. The van der Waals surface area contributed by atoms with Gasteiger partial charge < -0.3 is 4.74 Å². The van der Waals surface area contributed by atoms with Crippen LogP contribution in [0, 0.1) is 5.92 Å². The zero-order valence-corrected chi connectivity index (χ0v) is 12.3. The lowest BCUT2D eigenvalue weighted by atomic mass is 9.63. The van der Waals surface area contributed by atoms with Crippen LogP contribution in [0.2, 0.25) is 0 Å². The van der Waals surface area contributed by atoms with E-state index in [1.807, 2.05) is 72.8 Å². The van der Waals surface area contributed by atoms with E-state index >= 15 is 0 Å². The van der Waals surface area contributed by atoms with Crippen molar-refractivity contribution in [1.82, 2.24) is 0 Å². The summed E-state index contributed by atoms with van der Waals surface area (Å²) in [5, 5.41) is 0. The summed E-state index contributed by atoms with van der Waals surface area (Å²) in [4.78, 5) is 25.1. The standard InChI is InChI=1S/C20H14O3/c21-18-17-13-7-12-16(14-8-3-1-4-9-14)20(17,19(22)23-18)15-10-5-2-6-11-15/h1-13,17H. The Morgan fingerprint density at radius 3 is 2.22 bits per heavy atom. The molecule has 4 rings (SSSR count). The third kappa shape index (κ3) is 1.83. The number of ether oxygens (including phenoxy) is 1. The first-order valence-corrected chi connectivity index (χ1v) is 7.50. The van der Waals surface area contributed by atoms with Crippen LogP contribution in [0.25, 0.3) is 5.57 Å². The van der Waals surface area contributed by atoms with E-state index in [4.69, 9.17) is 4.74 Å². The first-order valence-electron chi connectivity index (χ1n) is 7.50. The molecule has 2 aliphatic rings. The van der Waals surface area contributed by atoms with Gasteiger partial charge in [0.1, 0.15) is 11.3 Å². The molecule has 0 N–H and O–H groups in total. The number of benzene rings is 2. The van der Waals surface area contributed by atoms with Crippen molar-refractivity contribution in [2.75, 3.05) is 0 Å². The number of carbonyl (C=O) groups is 2. The van der Waals surface area contributed by atoms with Crippen molar-refractivity contribution in [3.63, 3.8) is 0 Å². The van der Waals surface area contributed by atoms with Crippen molar-refractivity contribution < 1.29 is 14.3 Å². The summed E-state index contributed by atoms with van der Waals surface area (Å²) < 4.78 is 5.05. The number of fused-ring (bicyclic) bond motifs is 1. The third-order valence-corrected chi connectivity index (χ3v) is 4.54. The van der Waals surface area contributed by atoms with E-state index < -0.39 is 23.3 Å². The quantitative estimate of drug-likeness (QED) is 0.631. The Hall–Kier alpha value is -2.94. The van der Waals surface area contributed by atoms with Crippen LogP contribution in [-0.4, -0.2) is 11.9 Å². The highest BCUT2D eigenvalue weighted by molar-refractivity contribution is 6.13. The van der Waals surface area contributed by atoms with Gasteiger partial charge in [-0.25, -0.2) is 0 Å². The predicted octanol–water partition coefficient (Wildman–Crippen LogP) is 3.28. The molecule has 0 radical (unpaired) electrons. The Labute approximate surface area is 133 Å². The zero-order valence-electron chi connectivity index (χ0n) is 12.3. The molecule has 2 aromatic carbocycles. The molecule has 23 heavy (non-hydrogen) atoms. The molecule has 3 nitrogen and oxygen atoms in total. The average molecular weight is 302 g/mol. The highest BCUT2D eigenvalue weighted by Gasteiger charge is 2.60. The van der Waals surface area contributed by atoms with Gasteiger partial charge in [0.15, 0.2) is 0 Å². The Bertz CT molecular complexity index is 834. The SMILES string of the molecule is O=C1OC(=O)C2(c3ccccc3)C(c3ccccc3)=CC=CC12. The van der Waals surface area contributed by atoms with Crippen LogP contribution in [0.4, 0.5) is 0 Å². The molecule has 2 unspecified atom stereocenters. The van der Waals surface area contributed by atoms with Gasteiger partial charge in [-0.3, -0.25) is 9.59 Å². The molecule has 3 heteroatoms. The second-order valence-corrected chi connectivity index (χ2v) is 5.69. The molecule has 1 aliphatic heterocycles. The number of hydrogen-bond acceptors (Lipinski definition) is 3. The molecular formula is C20H14O3. The maximum atomic E-state index is 12.8. The molecule has 2 aromatic rings. The molecule has 0 spiro atoms. The van der Waals surface area contributed by atoms with Crippen LogP contribution in [0.1, 0.15) is 11.1 Å². The minimum atomic E-state index is -1.10.